The Morgan fingerprint density at radius 2 is 1.39 bits per heavy atom. The molecule has 0 atom stereocenters. The van der Waals surface area contributed by atoms with Crippen molar-refractivity contribution in [1.29, 1.82) is 0 Å². The first kappa shape index (κ1) is 21.2. The summed E-state index contributed by atoms with van der Waals surface area (Å²) in [6.07, 6.45) is 0. The zero-order valence-corrected chi connectivity index (χ0v) is 16.6. The highest BCUT2D eigenvalue weighted by Crippen LogP contribution is 2.19. The summed E-state index contributed by atoms with van der Waals surface area (Å²) >= 11 is 0. The van der Waals surface area contributed by atoms with Gasteiger partial charge in [-0.3, -0.25) is 14.4 Å². The molecule has 28 heavy (non-hydrogen) atoms. The molecule has 0 spiro atoms. The van der Waals surface area contributed by atoms with Gasteiger partial charge in [-0.25, -0.2) is 0 Å². The molecule has 3 amide bonds. The molecule has 0 fully saturated rings. The van der Waals surface area contributed by atoms with Gasteiger partial charge >= 0.3 is 0 Å². The third-order valence-corrected chi connectivity index (χ3v) is 4.57. The van der Waals surface area contributed by atoms with E-state index in [9.17, 15) is 14.4 Å². The van der Waals surface area contributed by atoms with Crippen LogP contribution in [0.5, 0.6) is 0 Å². The second kappa shape index (κ2) is 10.3. The minimum atomic E-state index is -0.323. The third kappa shape index (κ3) is 5.67. The Balaban J connectivity index is 1.87. The molecule has 0 aliphatic carbocycles. The van der Waals surface area contributed by atoms with Crippen molar-refractivity contribution in [1.82, 2.24) is 15.1 Å². The quantitative estimate of drug-likeness (QED) is 0.763. The lowest BCUT2D eigenvalue weighted by molar-refractivity contribution is -0.138. The smallest absolute Gasteiger partial charge is 0.251 e. The number of rotatable bonds is 8. The molecule has 0 aliphatic heterocycles. The van der Waals surface area contributed by atoms with Crippen molar-refractivity contribution in [2.24, 2.45) is 0 Å². The highest BCUT2D eigenvalue weighted by atomic mass is 16.2. The lowest BCUT2D eigenvalue weighted by atomic mass is 10.0. The molecule has 0 aromatic heterocycles. The first-order chi connectivity index (χ1) is 13.5. The van der Waals surface area contributed by atoms with E-state index in [1.54, 1.807) is 24.1 Å². The summed E-state index contributed by atoms with van der Waals surface area (Å²) in [5, 5.41) is 2.61. The highest BCUT2D eigenvalue weighted by Gasteiger charge is 2.17. The predicted octanol–water partition coefficient (Wildman–Crippen LogP) is 2.41. The van der Waals surface area contributed by atoms with Crippen molar-refractivity contribution in [3.8, 4) is 11.1 Å². The Bertz CT molecular complexity index is 800. The van der Waals surface area contributed by atoms with Crippen LogP contribution < -0.4 is 5.32 Å². The Morgan fingerprint density at radius 3 is 1.96 bits per heavy atom. The minimum absolute atomic E-state index is 0.00214. The van der Waals surface area contributed by atoms with Crippen LogP contribution in [0.25, 0.3) is 11.1 Å². The van der Waals surface area contributed by atoms with Gasteiger partial charge in [-0.05, 0) is 37.1 Å². The van der Waals surface area contributed by atoms with Crippen molar-refractivity contribution in [2.45, 2.75) is 13.8 Å². The molecular weight excluding hydrogens is 354 g/mol. The molecule has 0 aliphatic rings. The number of hydrogen-bond acceptors (Lipinski definition) is 3. The fourth-order valence-electron chi connectivity index (χ4n) is 2.80. The van der Waals surface area contributed by atoms with Gasteiger partial charge in [0.1, 0.15) is 0 Å². The summed E-state index contributed by atoms with van der Waals surface area (Å²) in [6, 6.07) is 17.1. The van der Waals surface area contributed by atoms with Gasteiger partial charge < -0.3 is 15.1 Å². The molecule has 0 radical (unpaired) electrons. The van der Waals surface area contributed by atoms with Gasteiger partial charge in [-0.1, -0.05) is 42.5 Å². The van der Waals surface area contributed by atoms with E-state index in [2.05, 4.69) is 5.32 Å². The van der Waals surface area contributed by atoms with Gasteiger partial charge in [0.25, 0.3) is 5.91 Å². The maximum Gasteiger partial charge on any atom is 0.251 e. The molecule has 2 aromatic carbocycles. The van der Waals surface area contributed by atoms with E-state index >= 15 is 0 Å². The van der Waals surface area contributed by atoms with E-state index in [0.29, 0.717) is 18.7 Å². The second-order valence-corrected chi connectivity index (χ2v) is 6.44. The standard InChI is InChI=1S/C22H27N3O3/c1-4-25(5-2)21(27)16-24(3)20(26)15-23-22(28)19-13-11-18(12-14-19)17-9-7-6-8-10-17/h6-14H,4-5,15-16H2,1-3H3,(H,23,28). The number of benzene rings is 2. The fraction of sp³-hybridized carbons (Fsp3) is 0.318. The average molecular weight is 381 g/mol. The van der Waals surface area contributed by atoms with Crippen LogP contribution in [0.1, 0.15) is 24.2 Å². The molecule has 0 saturated carbocycles. The van der Waals surface area contributed by atoms with Crippen LogP contribution in [0.15, 0.2) is 54.6 Å². The maximum absolute atomic E-state index is 12.3. The molecule has 2 aromatic rings. The van der Waals surface area contributed by atoms with E-state index < -0.39 is 0 Å². The van der Waals surface area contributed by atoms with Crippen LogP contribution >= 0.6 is 0 Å². The molecule has 1 N–H and O–H groups in total. The average Bonchev–Trinajstić information content (AvgIpc) is 2.73. The van der Waals surface area contributed by atoms with E-state index in [-0.39, 0.29) is 30.8 Å². The molecule has 148 valence electrons. The highest BCUT2D eigenvalue weighted by molar-refractivity contribution is 5.97. The van der Waals surface area contributed by atoms with Crippen molar-refractivity contribution in [3.05, 3.63) is 60.2 Å². The molecule has 6 nitrogen and oxygen atoms in total. The van der Waals surface area contributed by atoms with Gasteiger partial charge in [0.15, 0.2) is 0 Å². The number of amides is 3. The first-order valence-corrected chi connectivity index (χ1v) is 9.41. The number of carbonyl (C=O) groups excluding carboxylic acids is 3. The Kier molecular flexibility index (Phi) is 7.75. The number of likely N-dealkylation sites (N-methyl/N-ethyl adjacent to an activating group) is 2. The van der Waals surface area contributed by atoms with Gasteiger partial charge in [-0.2, -0.15) is 0 Å². The molecule has 0 unspecified atom stereocenters. The zero-order valence-electron chi connectivity index (χ0n) is 16.6. The van der Waals surface area contributed by atoms with Crippen molar-refractivity contribution >= 4 is 17.7 Å². The topological polar surface area (TPSA) is 69.7 Å². The SMILES string of the molecule is CCN(CC)C(=O)CN(C)C(=O)CNC(=O)c1ccc(-c2ccccc2)cc1. The minimum Gasteiger partial charge on any atom is -0.343 e. The zero-order chi connectivity index (χ0) is 20.5. The normalized spacial score (nSPS) is 10.2. The van der Waals surface area contributed by atoms with Gasteiger partial charge in [0.2, 0.25) is 11.8 Å². The molecular formula is C22H27N3O3. The van der Waals surface area contributed by atoms with Crippen LogP contribution in [0, 0.1) is 0 Å². The summed E-state index contributed by atoms with van der Waals surface area (Å²) in [7, 11) is 1.56. The summed E-state index contributed by atoms with van der Waals surface area (Å²) < 4.78 is 0. The van der Waals surface area contributed by atoms with Gasteiger partial charge in [-0.15, -0.1) is 0 Å². The summed E-state index contributed by atoms with van der Waals surface area (Å²) in [5.41, 5.74) is 2.57. The number of carbonyl (C=O) groups is 3. The summed E-state index contributed by atoms with van der Waals surface area (Å²) in [5.74, 6) is -0.741. The fourth-order valence-corrected chi connectivity index (χ4v) is 2.80. The lowest BCUT2D eigenvalue weighted by Crippen LogP contribution is -2.44. The van der Waals surface area contributed by atoms with Gasteiger partial charge in [0.05, 0.1) is 13.1 Å². The van der Waals surface area contributed by atoms with Crippen LogP contribution in [0.2, 0.25) is 0 Å². The number of nitrogens with one attached hydrogen (secondary N) is 1. The van der Waals surface area contributed by atoms with Crippen LogP contribution in [-0.2, 0) is 9.59 Å². The number of hydrogen-bond donors (Lipinski definition) is 1. The van der Waals surface area contributed by atoms with Crippen molar-refractivity contribution < 1.29 is 14.4 Å². The molecule has 0 saturated heterocycles. The Morgan fingerprint density at radius 1 is 0.821 bits per heavy atom. The molecule has 6 heteroatoms. The Hall–Kier alpha value is -3.15. The monoisotopic (exact) mass is 381 g/mol. The van der Waals surface area contributed by atoms with Crippen LogP contribution in [-0.4, -0.2) is 60.7 Å². The molecule has 0 bridgehead atoms. The second-order valence-electron chi connectivity index (χ2n) is 6.44. The van der Waals surface area contributed by atoms with Crippen LogP contribution in [0.4, 0.5) is 0 Å². The Labute approximate surface area is 166 Å². The maximum atomic E-state index is 12.3. The summed E-state index contributed by atoms with van der Waals surface area (Å²) in [6.45, 7) is 4.85. The summed E-state index contributed by atoms with van der Waals surface area (Å²) in [4.78, 5) is 39.5. The van der Waals surface area contributed by atoms with E-state index in [1.807, 2.05) is 56.3 Å². The van der Waals surface area contributed by atoms with Crippen molar-refractivity contribution in [2.75, 3.05) is 33.2 Å². The van der Waals surface area contributed by atoms with E-state index in [4.69, 9.17) is 0 Å². The van der Waals surface area contributed by atoms with E-state index in [0.717, 1.165) is 11.1 Å². The van der Waals surface area contributed by atoms with E-state index in [1.165, 1.54) is 4.90 Å². The third-order valence-electron chi connectivity index (χ3n) is 4.57. The van der Waals surface area contributed by atoms with Crippen molar-refractivity contribution in [3.63, 3.8) is 0 Å². The predicted molar refractivity (Wildman–Crippen MR) is 110 cm³/mol. The lowest BCUT2D eigenvalue weighted by Gasteiger charge is -2.23. The first-order valence-electron chi connectivity index (χ1n) is 9.41. The van der Waals surface area contributed by atoms with Crippen LogP contribution in [0.3, 0.4) is 0 Å². The molecule has 2 rings (SSSR count). The van der Waals surface area contributed by atoms with Gasteiger partial charge in [0, 0.05) is 25.7 Å². The number of nitrogens with zero attached hydrogens (tertiary/aromatic N) is 2. The largest absolute Gasteiger partial charge is 0.343 e. The molecule has 0 heterocycles.